The lowest BCUT2D eigenvalue weighted by molar-refractivity contribution is -0.139. The van der Waals surface area contributed by atoms with E-state index in [-0.39, 0.29) is 6.42 Å². The Bertz CT molecular complexity index is 573. The van der Waals surface area contributed by atoms with Crippen LogP contribution < -0.4 is 5.32 Å². The van der Waals surface area contributed by atoms with Crippen molar-refractivity contribution in [2.24, 2.45) is 0 Å². The molecule has 0 fully saturated rings. The van der Waals surface area contributed by atoms with Gasteiger partial charge in [0.2, 0.25) is 0 Å². The van der Waals surface area contributed by atoms with E-state index in [0.29, 0.717) is 25.0 Å². The Labute approximate surface area is 119 Å². The number of carboxylic acids is 1. The number of hydrogen-bond donors (Lipinski definition) is 2. The van der Waals surface area contributed by atoms with Gasteiger partial charge in [0, 0.05) is 18.6 Å². The first-order valence-corrected chi connectivity index (χ1v) is 5.98. The van der Waals surface area contributed by atoms with Crippen LogP contribution in [0, 0.1) is 29.8 Å². The summed E-state index contributed by atoms with van der Waals surface area (Å²) in [5.41, 5.74) is -1.03. The first-order chi connectivity index (χ1) is 9.86. The summed E-state index contributed by atoms with van der Waals surface area (Å²) < 4.78 is 39.6. The van der Waals surface area contributed by atoms with Gasteiger partial charge in [-0.1, -0.05) is 0 Å². The summed E-state index contributed by atoms with van der Waals surface area (Å²) in [5.74, 6) is -4.30. The van der Waals surface area contributed by atoms with Crippen molar-refractivity contribution in [3.63, 3.8) is 0 Å². The molecular weight excluding hydrogens is 287 g/mol. The number of terminal acetylenes is 1. The van der Waals surface area contributed by atoms with Crippen LogP contribution in [-0.2, 0) is 4.79 Å². The first-order valence-electron chi connectivity index (χ1n) is 5.98. The second kappa shape index (κ2) is 7.33. The predicted octanol–water partition coefficient (Wildman–Crippen LogP) is 2.09. The number of rotatable bonds is 6. The molecule has 1 atom stereocenters. The number of halogens is 3. The summed E-state index contributed by atoms with van der Waals surface area (Å²) in [7, 11) is 0. The molecule has 0 bridgehead atoms. The van der Waals surface area contributed by atoms with Crippen LogP contribution >= 0.6 is 0 Å². The fraction of sp³-hybridized carbons (Fsp3) is 0.286. The van der Waals surface area contributed by atoms with E-state index < -0.39 is 40.9 Å². The van der Waals surface area contributed by atoms with Gasteiger partial charge in [-0.05, 0) is 12.8 Å². The van der Waals surface area contributed by atoms with Crippen molar-refractivity contribution in [2.75, 3.05) is 0 Å². The maximum atomic E-state index is 13.4. The van der Waals surface area contributed by atoms with Crippen molar-refractivity contribution < 1.29 is 27.9 Å². The monoisotopic (exact) mass is 299 g/mol. The van der Waals surface area contributed by atoms with Crippen LogP contribution in [0.2, 0.25) is 0 Å². The molecule has 4 nitrogen and oxygen atoms in total. The minimum atomic E-state index is -1.40. The number of hydrogen-bond acceptors (Lipinski definition) is 2. The van der Waals surface area contributed by atoms with Gasteiger partial charge in [-0.2, -0.15) is 0 Å². The Morgan fingerprint density at radius 1 is 1.29 bits per heavy atom. The molecule has 21 heavy (non-hydrogen) atoms. The third-order valence-corrected chi connectivity index (χ3v) is 2.65. The summed E-state index contributed by atoms with van der Waals surface area (Å²) >= 11 is 0. The van der Waals surface area contributed by atoms with Crippen LogP contribution in [0.25, 0.3) is 0 Å². The third kappa shape index (κ3) is 4.53. The molecule has 0 aliphatic carbocycles. The Morgan fingerprint density at radius 3 is 2.33 bits per heavy atom. The molecule has 1 rings (SSSR count). The van der Waals surface area contributed by atoms with Crippen LogP contribution in [0.3, 0.4) is 0 Å². The van der Waals surface area contributed by atoms with Crippen LogP contribution in [-0.4, -0.2) is 23.0 Å². The SMILES string of the molecule is C#CCCC[C@H](NC(=O)c1c(F)cc(F)cc1F)C(=O)O. The average Bonchev–Trinajstić information content (AvgIpc) is 2.36. The van der Waals surface area contributed by atoms with Gasteiger partial charge in [0.05, 0.1) is 0 Å². The molecule has 0 aliphatic rings. The molecule has 1 aromatic carbocycles. The predicted molar refractivity (Wildman–Crippen MR) is 67.9 cm³/mol. The van der Waals surface area contributed by atoms with Crippen LogP contribution in [0.1, 0.15) is 29.6 Å². The highest BCUT2D eigenvalue weighted by Gasteiger charge is 2.24. The molecule has 0 aromatic heterocycles. The van der Waals surface area contributed by atoms with Crippen molar-refractivity contribution in [2.45, 2.75) is 25.3 Å². The number of unbranched alkanes of at least 4 members (excludes halogenated alkanes) is 1. The van der Waals surface area contributed by atoms with Crippen molar-refractivity contribution in [3.8, 4) is 12.3 Å². The molecule has 0 radical (unpaired) electrons. The zero-order chi connectivity index (χ0) is 16.0. The summed E-state index contributed by atoms with van der Waals surface area (Å²) in [6.07, 6.45) is 5.65. The van der Waals surface area contributed by atoms with E-state index in [0.717, 1.165) is 0 Å². The van der Waals surface area contributed by atoms with Gasteiger partial charge in [-0.3, -0.25) is 4.79 Å². The normalized spacial score (nSPS) is 11.5. The second-order valence-electron chi connectivity index (χ2n) is 4.21. The van der Waals surface area contributed by atoms with E-state index in [2.05, 4.69) is 5.92 Å². The van der Waals surface area contributed by atoms with E-state index in [9.17, 15) is 22.8 Å². The van der Waals surface area contributed by atoms with E-state index in [4.69, 9.17) is 11.5 Å². The number of carbonyl (C=O) groups excluding carboxylic acids is 1. The standard InChI is InChI=1S/C14H12F3NO3/c1-2-3-4-5-11(14(20)21)18-13(19)12-9(16)6-8(15)7-10(12)17/h1,6-7,11H,3-5H2,(H,18,19)(H,20,21)/t11-/m0/s1. The minimum absolute atomic E-state index is 0.00963. The molecule has 7 heteroatoms. The number of benzene rings is 1. The molecule has 0 saturated heterocycles. The Kier molecular flexibility index (Phi) is 5.79. The Morgan fingerprint density at radius 2 is 1.86 bits per heavy atom. The second-order valence-corrected chi connectivity index (χ2v) is 4.21. The highest BCUT2D eigenvalue weighted by molar-refractivity contribution is 5.97. The van der Waals surface area contributed by atoms with Gasteiger partial charge >= 0.3 is 5.97 Å². The lowest BCUT2D eigenvalue weighted by Crippen LogP contribution is -2.41. The molecule has 0 aliphatic heterocycles. The molecule has 0 heterocycles. The summed E-state index contributed by atoms with van der Waals surface area (Å²) in [4.78, 5) is 22.7. The molecule has 112 valence electrons. The van der Waals surface area contributed by atoms with Crippen LogP contribution in [0.4, 0.5) is 13.2 Å². The van der Waals surface area contributed by atoms with Gasteiger partial charge in [0.1, 0.15) is 29.1 Å². The molecule has 0 saturated carbocycles. The largest absolute Gasteiger partial charge is 0.480 e. The number of aliphatic carboxylic acids is 1. The minimum Gasteiger partial charge on any atom is -0.480 e. The zero-order valence-corrected chi connectivity index (χ0v) is 10.8. The first kappa shape index (κ1) is 16.6. The highest BCUT2D eigenvalue weighted by atomic mass is 19.1. The Balaban J connectivity index is 2.88. The fourth-order valence-electron chi connectivity index (χ4n) is 1.66. The van der Waals surface area contributed by atoms with E-state index in [1.165, 1.54) is 0 Å². The van der Waals surface area contributed by atoms with Crippen LogP contribution in [0.15, 0.2) is 12.1 Å². The molecule has 1 aromatic rings. The Hall–Kier alpha value is -2.49. The number of amides is 1. The molecule has 0 spiro atoms. The van der Waals surface area contributed by atoms with Crippen molar-refractivity contribution >= 4 is 11.9 Å². The summed E-state index contributed by atoms with van der Waals surface area (Å²) in [6.45, 7) is 0. The zero-order valence-electron chi connectivity index (χ0n) is 10.8. The van der Waals surface area contributed by atoms with E-state index in [1.54, 1.807) is 0 Å². The van der Waals surface area contributed by atoms with E-state index in [1.807, 2.05) is 5.32 Å². The maximum Gasteiger partial charge on any atom is 0.326 e. The van der Waals surface area contributed by atoms with Gasteiger partial charge in [0.15, 0.2) is 0 Å². The topological polar surface area (TPSA) is 66.4 Å². The molecular formula is C14H12F3NO3. The quantitative estimate of drug-likeness (QED) is 0.624. The third-order valence-electron chi connectivity index (χ3n) is 2.65. The van der Waals surface area contributed by atoms with E-state index >= 15 is 0 Å². The summed E-state index contributed by atoms with van der Waals surface area (Å²) in [6, 6.07) is -0.659. The number of carboxylic acid groups (broad SMARTS) is 1. The van der Waals surface area contributed by atoms with Crippen molar-refractivity contribution in [1.29, 1.82) is 0 Å². The van der Waals surface area contributed by atoms with Gasteiger partial charge in [0.25, 0.3) is 5.91 Å². The summed E-state index contributed by atoms with van der Waals surface area (Å²) in [5, 5.41) is 10.9. The average molecular weight is 299 g/mol. The number of carbonyl (C=O) groups is 2. The smallest absolute Gasteiger partial charge is 0.326 e. The fourth-order valence-corrected chi connectivity index (χ4v) is 1.66. The van der Waals surface area contributed by atoms with Gasteiger partial charge in [-0.15, -0.1) is 12.3 Å². The van der Waals surface area contributed by atoms with Crippen molar-refractivity contribution in [1.82, 2.24) is 5.32 Å². The maximum absolute atomic E-state index is 13.4. The van der Waals surface area contributed by atoms with Gasteiger partial charge < -0.3 is 10.4 Å². The highest BCUT2D eigenvalue weighted by Crippen LogP contribution is 2.15. The molecule has 0 unspecified atom stereocenters. The lowest BCUT2D eigenvalue weighted by atomic mass is 10.1. The molecule has 2 N–H and O–H groups in total. The lowest BCUT2D eigenvalue weighted by Gasteiger charge is -2.14. The number of nitrogens with one attached hydrogen (secondary N) is 1. The van der Waals surface area contributed by atoms with Gasteiger partial charge in [-0.25, -0.2) is 18.0 Å². The molecule has 1 amide bonds. The van der Waals surface area contributed by atoms with Crippen molar-refractivity contribution in [3.05, 3.63) is 35.1 Å². The van der Waals surface area contributed by atoms with Crippen LogP contribution in [0.5, 0.6) is 0 Å².